The lowest BCUT2D eigenvalue weighted by Gasteiger charge is -2.43. The third kappa shape index (κ3) is 10.9. The van der Waals surface area contributed by atoms with Gasteiger partial charge in [-0.2, -0.15) is 0 Å². The van der Waals surface area contributed by atoms with Crippen LogP contribution in [0.1, 0.15) is 117 Å². The average molecular weight is 696 g/mol. The van der Waals surface area contributed by atoms with E-state index >= 15 is 0 Å². The SMILES string of the molecule is CC1CN(C(=O)[C@@H](NC(=O)NC2(CS(C)(=O)=O)CCCCC2)C2CCCCC2)C(C(=O)NC(CC2CC2)C(=O)C(N)=O)CCC(C)(C)O1. The lowest BCUT2D eigenvalue weighted by molar-refractivity contribution is -0.154. The number of Topliss-reactive ketones (excluding diaryl/α,β-unsaturated/α-hetero) is 1. The molecule has 0 aromatic carbocycles. The van der Waals surface area contributed by atoms with Crippen LogP contribution in [0.2, 0.25) is 0 Å². The number of nitrogens with zero attached hydrogens (tertiary/aromatic N) is 1. The van der Waals surface area contributed by atoms with Crippen LogP contribution < -0.4 is 21.7 Å². The zero-order valence-electron chi connectivity index (χ0n) is 29.2. The molecule has 4 aliphatic rings. The van der Waals surface area contributed by atoms with Crippen molar-refractivity contribution >= 4 is 39.4 Å². The van der Waals surface area contributed by atoms with Gasteiger partial charge in [-0.15, -0.1) is 0 Å². The molecule has 0 radical (unpaired) electrons. The lowest BCUT2D eigenvalue weighted by Crippen LogP contribution is -2.64. The van der Waals surface area contributed by atoms with Gasteiger partial charge in [-0.05, 0) is 77.6 Å². The van der Waals surface area contributed by atoms with Crippen LogP contribution in [-0.4, -0.2) is 96.8 Å². The molecule has 0 bridgehead atoms. The summed E-state index contributed by atoms with van der Waals surface area (Å²) in [4.78, 5) is 68.7. The molecule has 5 N–H and O–H groups in total. The summed E-state index contributed by atoms with van der Waals surface area (Å²) in [5, 5.41) is 8.71. The van der Waals surface area contributed by atoms with Crippen molar-refractivity contribution in [1.29, 1.82) is 0 Å². The highest BCUT2D eigenvalue weighted by atomic mass is 32.2. The molecule has 4 rings (SSSR count). The highest BCUT2D eigenvalue weighted by Gasteiger charge is 2.44. The molecule has 272 valence electrons. The molecule has 14 heteroatoms. The van der Waals surface area contributed by atoms with E-state index in [9.17, 15) is 32.4 Å². The molecular weight excluding hydrogens is 638 g/mol. The summed E-state index contributed by atoms with van der Waals surface area (Å²) in [5.41, 5.74) is 3.84. The monoisotopic (exact) mass is 695 g/mol. The molecule has 1 aliphatic heterocycles. The Hall–Kier alpha value is -2.74. The third-order valence-corrected chi connectivity index (χ3v) is 11.6. The summed E-state index contributed by atoms with van der Waals surface area (Å²) in [5.74, 6) is -3.10. The summed E-state index contributed by atoms with van der Waals surface area (Å²) in [6.07, 6.45) is 11.3. The van der Waals surface area contributed by atoms with Gasteiger partial charge in [0.1, 0.15) is 21.9 Å². The summed E-state index contributed by atoms with van der Waals surface area (Å²) in [6.45, 7) is 5.76. The van der Waals surface area contributed by atoms with Crippen LogP contribution in [0.15, 0.2) is 0 Å². The zero-order valence-corrected chi connectivity index (χ0v) is 30.0. The van der Waals surface area contributed by atoms with Gasteiger partial charge in [-0.3, -0.25) is 19.2 Å². The minimum absolute atomic E-state index is 0.0714. The normalized spacial score (nSPS) is 26.2. The third-order valence-electron chi connectivity index (χ3n) is 10.5. The van der Waals surface area contributed by atoms with Gasteiger partial charge in [0.2, 0.25) is 17.6 Å². The molecule has 13 nitrogen and oxygen atoms in total. The van der Waals surface area contributed by atoms with Crippen LogP contribution in [0, 0.1) is 11.8 Å². The van der Waals surface area contributed by atoms with E-state index in [0.717, 1.165) is 51.4 Å². The topological polar surface area (TPSA) is 194 Å². The zero-order chi connectivity index (χ0) is 35.3. The fourth-order valence-corrected chi connectivity index (χ4v) is 9.41. The molecular formula is C34H57N5O8S. The fourth-order valence-electron chi connectivity index (χ4n) is 8.04. The van der Waals surface area contributed by atoms with Gasteiger partial charge in [0.15, 0.2) is 0 Å². The largest absolute Gasteiger partial charge is 0.371 e. The molecule has 1 heterocycles. The standard InChI is InChI=1S/C34H57N5O8S/c1-22-20-39(26(15-18-33(2,3)47-22)30(42)36-25(19-23-13-14-23)28(40)29(35)41)31(43)27(24-11-7-5-8-12-24)37-32(44)38-34(21-48(4,45)46)16-9-6-10-17-34/h22-27H,5-21H2,1-4H3,(H2,35,41)(H,36,42)(H2,37,38,44)/t22?,25?,26?,27-/m0/s1. The number of ketones is 1. The maximum atomic E-state index is 14.7. The van der Waals surface area contributed by atoms with Crippen molar-refractivity contribution in [1.82, 2.24) is 20.9 Å². The minimum atomic E-state index is -3.40. The second kappa shape index (κ2) is 15.9. The minimum Gasteiger partial charge on any atom is -0.371 e. The maximum Gasteiger partial charge on any atom is 0.315 e. The Kier molecular flexibility index (Phi) is 12.6. The number of sulfone groups is 1. The van der Waals surface area contributed by atoms with Crippen LogP contribution in [0.25, 0.3) is 0 Å². The molecule has 0 aromatic heterocycles. The van der Waals surface area contributed by atoms with Crippen LogP contribution in [0.5, 0.6) is 0 Å². The quantitative estimate of drug-likeness (QED) is 0.224. The van der Waals surface area contributed by atoms with E-state index in [2.05, 4.69) is 16.0 Å². The smallest absolute Gasteiger partial charge is 0.315 e. The number of hydrogen-bond donors (Lipinski definition) is 4. The number of nitrogens with two attached hydrogens (primary N) is 1. The van der Waals surface area contributed by atoms with Crippen LogP contribution in [0.3, 0.4) is 0 Å². The van der Waals surface area contributed by atoms with Crippen LogP contribution >= 0.6 is 0 Å². The van der Waals surface area contributed by atoms with Gasteiger partial charge < -0.3 is 31.3 Å². The number of nitrogens with one attached hydrogen (secondary N) is 3. The van der Waals surface area contributed by atoms with Gasteiger partial charge >= 0.3 is 6.03 Å². The van der Waals surface area contributed by atoms with Crippen molar-refractivity contribution in [2.24, 2.45) is 17.6 Å². The number of primary amides is 1. The molecule has 4 fully saturated rings. The number of urea groups is 1. The molecule has 3 saturated carbocycles. The first-order chi connectivity index (χ1) is 22.5. The number of carbonyl (C=O) groups is 5. The molecule has 3 aliphatic carbocycles. The highest BCUT2D eigenvalue weighted by Crippen LogP contribution is 2.35. The second-order valence-corrected chi connectivity index (χ2v) is 17.7. The highest BCUT2D eigenvalue weighted by molar-refractivity contribution is 7.90. The van der Waals surface area contributed by atoms with Gasteiger partial charge in [0.25, 0.3) is 5.91 Å². The molecule has 5 amide bonds. The Morgan fingerprint density at radius 2 is 1.52 bits per heavy atom. The molecule has 0 aromatic rings. The van der Waals surface area contributed by atoms with E-state index < -0.39 is 74.7 Å². The van der Waals surface area contributed by atoms with Crippen molar-refractivity contribution in [3.05, 3.63) is 0 Å². The molecule has 1 saturated heterocycles. The second-order valence-electron chi connectivity index (χ2n) is 15.6. The number of amides is 5. The number of hydrogen-bond acceptors (Lipinski definition) is 8. The Balaban J connectivity index is 1.63. The van der Waals surface area contributed by atoms with Crippen molar-refractivity contribution < 1.29 is 37.1 Å². The van der Waals surface area contributed by atoms with E-state index in [0.29, 0.717) is 38.5 Å². The molecule has 3 unspecified atom stereocenters. The molecule has 48 heavy (non-hydrogen) atoms. The summed E-state index contributed by atoms with van der Waals surface area (Å²) in [7, 11) is -3.40. The van der Waals surface area contributed by atoms with Crippen LogP contribution in [0.4, 0.5) is 4.79 Å². The van der Waals surface area contributed by atoms with E-state index in [-0.39, 0.29) is 30.6 Å². The fraction of sp³-hybridized carbons (Fsp3) is 0.853. The predicted octanol–water partition coefficient (Wildman–Crippen LogP) is 2.50. The van der Waals surface area contributed by atoms with Gasteiger partial charge in [0, 0.05) is 12.8 Å². The van der Waals surface area contributed by atoms with E-state index in [1.165, 1.54) is 11.2 Å². The first-order valence-electron chi connectivity index (χ1n) is 17.9. The first kappa shape index (κ1) is 38.1. The first-order valence-corrected chi connectivity index (χ1v) is 19.9. The predicted molar refractivity (Wildman–Crippen MR) is 180 cm³/mol. The Bertz CT molecular complexity index is 1300. The molecule has 4 atom stereocenters. The number of carbonyl (C=O) groups excluding carboxylic acids is 5. The number of rotatable bonds is 12. The Morgan fingerprint density at radius 1 is 0.896 bits per heavy atom. The Labute approximate surface area is 285 Å². The van der Waals surface area contributed by atoms with Crippen molar-refractivity contribution in [3.63, 3.8) is 0 Å². The van der Waals surface area contributed by atoms with Crippen molar-refractivity contribution in [2.45, 2.75) is 152 Å². The summed E-state index contributed by atoms with van der Waals surface area (Å²) >= 11 is 0. The molecule has 0 spiro atoms. The van der Waals surface area contributed by atoms with Crippen molar-refractivity contribution in [2.75, 3.05) is 18.6 Å². The summed E-state index contributed by atoms with van der Waals surface area (Å²) in [6, 6.07) is -3.63. The van der Waals surface area contributed by atoms with Crippen LogP contribution in [-0.2, 0) is 33.8 Å². The lowest BCUT2D eigenvalue weighted by atomic mass is 9.82. The number of ether oxygens (including phenoxy) is 1. The van der Waals surface area contributed by atoms with E-state index in [1.807, 2.05) is 20.8 Å². The van der Waals surface area contributed by atoms with E-state index in [4.69, 9.17) is 10.5 Å². The summed E-state index contributed by atoms with van der Waals surface area (Å²) < 4.78 is 31.1. The van der Waals surface area contributed by atoms with E-state index in [1.54, 1.807) is 0 Å². The van der Waals surface area contributed by atoms with Crippen molar-refractivity contribution in [3.8, 4) is 0 Å². The van der Waals surface area contributed by atoms with Gasteiger partial charge in [-0.1, -0.05) is 51.4 Å². The Morgan fingerprint density at radius 3 is 2.10 bits per heavy atom. The van der Waals surface area contributed by atoms with Gasteiger partial charge in [0.05, 0.1) is 29.0 Å². The maximum absolute atomic E-state index is 14.7. The average Bonchev–Trinajstić information content (AvgIpc) is 3.81. The van der Waals surface area contributed by atoms with Gasteiger partial charge in [-0.25, -0.2) is 13.2 Å².